The van der Waals surface area contributed by atoms with Gasteiger partial charge in [0.05, 0.1) is 39.7 Å². The van der Waals surface area contributed by atoms with Crippen LogP contribution < -0.4 is 24.4 Å². The molecule has 0 saturated heterocycles. The van der Waals surface area contributed by atoms with Crippen LogP contribution in [0.15, 0.2) is 146 Å². The minimum atomic E-state index is -0.820. The number of nitrogens with one attached hydrogen (secondary N) is 1. The fourth-order valence-electron chi connectivity index (χ4n) is 8.13. The van der Waals surface area contributed by atoms with Crippen molar-refractivity contribution in [1.82, 2.24) is 4.98 Å². The molecule has 0 aliphatic rings. The molecule has 16 heteroatoms. The number of nitrogens with zero attached hydrogens (tertiary/aromatic N) is 2. The number of aromatic nitrogens is 1. The lowest BCUT2D eigenvalue weighted by Crippen LogP contribution is -2.40. The van der Waals surface area contributed by atoms with Crippen molar-refractivity contribution in [3.8, 4) is 23.0 Å². The van der Waals surface area contributed by atoms with E-state index in [-0.39, 0.29) is 34.8 Å². The largest absolute Gasteiger partial charge is 0.488 e. The van der Waals surface area contributed by atoms with E-state index in [9.17, 15) is 24.0 Å². The lowest BCUT2D eigenvalue weighted by Gasteiger charge is -2.34. The molecule has 1 aromatic heterocycles. The van der Waals surface area contributed by atoms with Crippen molar-refractivity contribution in [2.75, 3.05) is 12.0 Å². The number of para-hydroxylation sites is 1. The maximum absolute atomic E-state index is 13.5. The topological polar surface area (TPSA) is 187 Å². The van der Waals surface area contributed by atoms with Crippen LogP contribution in [0, 0.1) is 0 Å². The maximum atomic E-state index is 13.5. The lowest BCUT2D eigenvalue weighted by molar-refractivity contribution is -0.155. The Kier molecular flexibility index (Phi) is 17.4. The molecule has 15 nitrogen and oxygen atoms in total. The summed E-state index contributed by atoms with van der Waals surface area (Å²) in [4.78, 5) is 67.7. The highest BCUT2D eigenvalue weighted by atomic mass is 32.1. The predicted molar refractivity (Wildman–Crippen MR) is 280 cm³/mol. The molecule has 0 amide bonds. The summed E-state index contributed by atoms with van der Waals surface area (Å²) in [6, 6.07) is 31.9. The van der Waals surface area contributed by atoms with Gasteiger partial charge < -0.3 is 33.2 Å². The molecule has 6 rings (SSSR count). The molecule has 0 aliphatic heterocycles. The number of carbonyl (C=O) groups excluding carboxylic acids is 5. The van der Waals surface area contributed by atoms with Crippen molar-refractivity contribution < 1.29 is 57.1 Å². The third-order valence-electron chi connectivity index (χ3n) is 10.6. The molecular formula is C57H59N3O12S. The first-order valence-corrected chi connectivity index (χ1v) is 24.1. The van der Waals surface area contributed by atoms with Gasteiger partial charge in [0.2, 0.25) is 5.13 Å². The monoisotopic (exact) mass is 1010 g/mol. The van der Waals surface area contributed by atoms with Crippen LogP contribution in [-0.4, -0.2) is 70.1 Å². The highest BCUT2D eigenvalue weighted by Gasteiger charge is 2.34. The van der Waals surface area contributed by atoms with E-state index in [1.165, 1.54) is 41.8 Å². The average molecular weight is 1010 g/mol. The minimum Gasteiger partial charge on any atom is -0.488 e. The first-order valence-electron chi connectivity index (χ1n) is 23.3. The van der Waals surface area contributed by atoms with Crippen LogP contribution in [0.25, 0.3) is 10.2 Å². The third-order valence-corrected chi connectivity index (χ3v) is 11.6. The van der Waals surface area contributed by atoms with E-state index in [4.69, 9.17) is 33.2 Å². The molecule has 0 spiro atoms. The molecule has 0 fully saturated rings. The normalized spacial score (nSPS) is 11.8. The first-order chi connectivity index (χ1) is 34.5. The third kappa shape index (κ3) is 16.5. The van der Waals surface area contributed by atoms with E-state index in [0.717, 1.165) is 27.9 Å². The summed E-state index contributed by atoms with van der Waals surface area (Å²) < 4.78 is 41.3. The van der Waals surface area contributed by atoms with Gasteiger partial charge in [-0.15, -0.1) is 0 Å². The summed E-state index contributed by atoms with van der Waals surface area (Å²) in [6.45, 7) is 21.6. The standard InChI is InChI=1S/C57H59N3O12S/c1-11-48(61)71-56(7,8)35-54(3,4)69-43-26-20-39(21-27-43)51(64)67-42-24-18-38(19-25-42)50(63)66-32-31-37-17-30-46(41(33-37)34-58-60-53-59-45-15-13-14-16-47(45)73-53)68-52(65)40-22-28-44(29-23-40)70-55(5,6)36-57(9,10)72-49(62)12-2/h11-30,33-34H,1-2,31-32,35-36H2,3-10H3,(H,59,60)/b58-34+. The molecule has 0 saturated carbocycles. The Morgan fingerprint density at radius 2 is 1.10 bits per heavy atom. The fourth-order valence-corrected chi connectivity index (χ4v) is 8.95. The van der Waals surface area contributed by atoms with Crippen LogP contribution in [0.5, 0.6) is 23.0 Å². The number of anilines is 1. The van der Waals surface area contributed by atoms with Crippen LogP contribution in [-0.2, 0) is 30.2 Å². The summed E-state index contributed by atoms with van der Waals surface area (Å²) in [6.07, 6.45) is 4.84. The highest BCUT2D eigenvalue weighted by molar-refractivity contribution is 7.22. The van der Waals surface area contributed by atoms with Crippen LogP contribution in [0.4, 0.5) is 5.13 Å². The molecule has 73 heavy (non-hydrogen) atoms. The van der Waals surface area contributed by atoms with Gasteiger partial charge in [0.25, 0.3) is 0 Å². The molecule has 1 heterocycles. The van der Waals surface area contributed by atoms with Gasteiger partial charge in [0.1, 0.15) is 45.4 Å². The summed E-state index contributed by atoms with van der Waals surface area (Å²) in [7, 11) is 0. The Labute approximate surface area is 428 Å². The average Bonchev–Trinajstić information content (AvgIpc) is 3.74. The minimum absolute atomic E-state index is 0.0232. The smallest absolute Gasteiger partial charge is 0.343 e. The SMILES string of the molecule is C=CC(=O)OC(C)(C)CC(C)(C)Oc1ccc(C(=O)Oc2ccc(C(=O)OCCc3ccc(OC(=O)c4ccc(OC(C)(C)CC(C)(C)OC(=O)C=C)cc4)c(/C=N/Nc4nc5ccccc5s4)c3)cc2)cc1. The lowest BCUT2D eigenvalue weighted by atomic mass is 9.92. The van der Waals surface area contributed by atoms with Crippen LogP contribution in [0.1, 0.15) is 110 Å². The van der Waals surface area contributed by atoms with Crippen LogP contribution in [0.3, 0.4) is 0 Å². The number of benzene rings is 5. The number of fused-ring (bicyclic) bond motifs is 1. The number of hydrogen-bond acceptors (Lipinski definition) is 16. The zero-order valence-electron chi connectivity index (χ0n) is 42.1. The van der Waals surface area contributed by atoms with Crippen molar-refractivity contribution in [3.05, 3.63) is 168 Å². The summed E-state index contributed by atoms with van der Waals surface area (Å²) in [5.41, 5.74) is 2.76. The van der Waals surface area contributed by atoms with Crippen molar-refractivity contribution in [3.63, 3.8) is 0 Å². The summed E-state index contributed by atoms with van der Waals surface area (Å²) in [5, 5.41) is 4.97. The molecule has 0 unspecified atom stereocenters. The summed E-state index contributed by atoms with van der Waals surface area (Å²) >= 11 is 1.44. The van der Waals surface area contributed by atoms with E-state index >= 15 is 0 Å². The van der Waals surface area contributed by atoms with E-state index < -0.39 is 52.3 Å². The molecule has 6 aromatic rings. The first kappa shape index (κ1) is 54.2. The predicted octanol–water partition coefficient (Wildman–Crippen LogP) is 11.7. The number of ether oxygens (including phenoxy) is 7. The van der Waals surface area contributed by atoms with Gasteiger partial charge in [-0.2, -0.15) is 5.10 Å². The van der Waals surface area contributed by atoms with Crippen molar-refractivity contribution in [2.45, 2.75) is 97.1 Å². The number of rotatable bonds is 23. The summed E-state index contributed by atoms with van der Waals surface area (Å²) in [5.74, 6) is -1.38. The number of hydrazone groups is 1. The second kappa shape index (κ2) is 23.4. The Bertz CT molecular complexity index is 2960. The quantitative estimate of drug-likeness (QED) is 0.0159. The molecular weight excluding hydrogens is 951 g/mol. The molecule has 1 N–H and O–H groups in total. The fraction of sp³-hybridized carbons (Fsp3) is 0.281. The van der Waals surface area contributed by atoms with E-state index in [1.807, 2.05) is 52.0 Å². The van der Waals surface area contributed by atoms with Gasteiger partial charge in [-0.05, 0) is 158 Å². The van der Waals surface area contributed by atoms with Gasteiger partial charge >= 0.3 is 29.8 Å². The number of esters is 5. The number of thiazole rings is 1. The van der Waals surface area contributed by atoms with E-state index in [2.05, 4.69) is 28.7 Å². The highest BCUT2D eigenvalue weighted by Crippen LogP contribution is 2.32. The Hall–Kier alpha value is -8.11. The maximum Gasteiger partial charge on any atom is 0.343 e. The Morgan fingerprint density at radius 1 is 0.603 bits per heavy atom. The molecule has 0 radical (unpaired) electrons. The second-order valence-corrected chi connectivity index (χ2v) is 20.3. The zero-order chi connectivity index (χ0) is 53.0. The molecule has 0 aliphatic carbocycles. The molecule has 380 valence electrons. The zero-order valence-corrected chi connectivity index (χ0v) is 43.0. The van der Waals surface area contributed by atoms with Crippen molar-refractivity contribution in [1.29, 1.82) is 0 Å². The number of hydrogen-bond donors (Lipinski definition) is 1. The van der Waals surface area contributed by atoms with Gasteiger partial charge in [-0.25, -0.2) is 29.0 Å². The molecule has 0 atom stereocenters. The van der Waals surface area contributed by atoms with Crippen molar-refractivity contribution in [2.24, 2.45) is 5.10 Å². The number of carbonyl (C=O) groups is 5. The van der Waals surface area contributed by atoms with Crippen LogP contribution >= 0.6 is 11.3 Å². The van der Waals surface area contributed by atoms with Crippen LogP contribution in [0.2, 0.25) is 0 Å². The molecule has 5 aromatic carbocycles. The second-order valence-electron chi connectivity index (χ2n) is 19.3. The van der Waals surface area contributed by atoms with Gasteiger partial charge in [-0.3, -0.25) is 5.43 Å². The van der Waals surface area contributed by atoms with E-state index in [1.54, 1.807) is 94.4 Å². The van der Waals surface area contributed by atoms with Crippen molar-refractivity contribution >= 4 is 62.7 Å². The van der Waals surface area contributed by atoms with Gasteiger partial charge in [-0.1, -0.05) is 42.7 Å². The Balaban J connectivity index is 1.05. The Morgan fingerprint density at radius 3 is 1.62 bits per heavy atom. The van der Waals surface area contributed by atoms with Gasteiger partial charge in [0, 0.05) is 37.0 Å². The van der Waals surface area contributed by atoms with Gasteiger partial charge in [0.15, 0.2) is 0 Å². The van der Waals surface area contributed by atoms with E-state index in [0.29, 0.717) is 41.5 Å². The molecule has 0 bridgehead atoms.